The fraction of sp³-hybridized carbons (Fsp3) is 0.167. The molecule has 0 aliphatic rings. The van der Waals surface area contributed by atoms with Crippen molar-refractivity contribution in [1.29, 1.82) is 0 Å². The third kappa shape index (κ3) is 3.98. The van der Waals surface area contributed by atoms with Crippen LogP contribution in [0.25, 0.3) is 0 Å². The molecule has 0 spiro atoms. The number of anilines is 1. The summed E-state index contributed by atoms with van der Waals surface area (Å²) in [5.74, 6) is 1.16. The van der Waals surface area contributed by atoms with Crippen LogP contribution < -0.4 is 19.5 Å². The van der Waals surface area contributed by atoms with E-state index >= 15 is 0 Å². The van der Waals surface area contributed by atoms with Gasteiger partial charge in [0.05, 0.1) is 21.3 Å². The highest BCUT2D eigenvalue weighted by molar-refractivity contribution is 6.05. The van der Waals surface area contributed by atoms with Crippen molar-refractivity contribution in [3.63, 3.8) is 0 Å². The Hall–Kier alpha value is -3.15. The van der Waals surface area contributed by atoms with Crippen molar-refractivity contribution in [2.24, 2.45) is 0 Å². The molecule has 2 aromatic rings. The Morgan fingerprint density at radius 1 is 1.04 bits per heavy atom. The minimum absolute atomic E-state index is 0.143. The number of phenols is 1. The quantitative estimate of drug-likeness (QED) is 0.600. The second kappa shape index (κ2) is 7.92. The van der Waals surface area contributed by atoms with Crippen LogP contribution in [0.3, 0.4) is 0 Å². The Bertz CT molecular complexity index is 730. The first-order chi connectivity index (χ1) is 11.6. The largest absolute Gasteiger partial charge is 0.508 e. The van der Waals surface area contributed by atoms with Gasteiger partial charge >= 0.3 is 0 Å². The number of rotatable bonds is 7. The number of benzene rings is 2. The second-order valence-corrected chi connectivity index (χ2v) is 4.81. The van der Waals surface area contributed by atoms with Crippen LogP contribution >= 0.6 is 0 Å². The highest BCUT2D eigenvalue weighted by Crippen LogP contribution is 2.38. The van der Waals surface area contributed by atoms with Crippen molar-refractivity contribution in [2.75, 3.05) is 26.6 Å². The number of ether oxygens (including phenoxy) is 3. The van der Waals surface area contributed by atoms with Gasteiger partial charge in [0.25, 0.3) is 0 Å². The second-order valence-electron chi connectivity index (χ2n) is 4.81. The minimum Gasteiger partial charge on any atom is -0.508 e. The summed E-state index contributed by atoms with van der Waals surface area (Å²) in [4.78, 5) is 12.3. The number of carbonyl (C=O) groups excluding carboxylic acids is 1. The lowest BCUT2D eigenvalue weighted by atomic mass is 10.1. The Labute approximate surface area is 140 Å². The van der Waals surface area contributed by atoms with Gasteiger partial charge in [-0.1, -0.05) is 6.07 Å². The first kappa shape index (κ1) is 17.2. The lowest BCUT2D eigenvalue weighted by molar-refractivity contribution is 0.104. The van der Waals surface area contributed by atoms with Crippen LogP contribution in [-0.2, 0) is 0 Å². The molecule has 0 saturated carbocycles. The van der Waals surface area contributed by atoms with E-state index in [1.807, 2.05) is 0 Å². The van der Waals surface area contributed by atoms with Crippen LogP contribution in [0.4, 0.5) is 5.69 Å². The Kier molecular flexibility index (Phi) is 5.68. The van der Waals surface area contributed by atoms with Gasteiger partial charge in [0.2, 0.25) is 5.75 Å². The number of nitrogens with one attached hydrogen (secondary N) is 1. The number of carbonyl (C=O) groups is 1. The number of methoxy groups -OCH3 is 3. The van der Waals surface area contributed by atoms with Crippen molar-refractivity contribution in [3.05, 3.63) is 54.2 Å². The van der Waals surface area contributed by atoms with E-state index in [-0.39, 0.29) is 11.5 Å². The first-order valence-electron chi connectivity index (χ1n) is 7.15. The van der Waals surface area contributed by atoms with Crippen molar-refractivity contribution < 1.29 is 24.1 Å². The molecule has 0 atom stereocenters. The van der Waals surface area contributed by atoms with Gasteiger partial charge in [0.15, 0.2) is 17.3 Å². The summed E-state index contributed by atoms with van der Waals surface area (Å²) in [5.41, 5.74) is 1.07. The van der Waals surface area contributed by atoms with Crippen molar-refractivity contribution in [2.45, 2.75) is 0 Å². The summed E-state index contributed by atoms with van der Waals surface area (Å²) >= 11 is 0. The van der Waals surface area contributed by atoms with Crippen LogP contribution in [0.15, 0.2) is 48.7 Å². The molecule has 2 aromatic carbocycles. The zero-order valence-corrected chi connectivity index (χ0v) is 13.7. The van der Waals surface area contributed by atoms with E-state index in [1.165, 1.54) is 33.6 Å². The third-order valence-corrected chi connectivity index (χ3v) is 3.28. The highest BCUT2D eigenvalue weighted by atomic mass is 16.5. The van der Waals surface area contributed by atoms with Gasteiger partial charge in [0.1, 0.15) is 5.75 Å². The zero-order chi connectivity index (χ0) is 17.5. The van der Waals surface area contributed by atoms with Gasteiger partial charge in [-0.2, -0.15) is 0 Å². The number of hydrogen-bond acceptors (Lipinski definition) is 6. The molecule has 6 heteroatoms. The normalized spacial score (nSPS) is 10.5. The number of phenolic OH excluding ortho intramolecular Hbond substituents is 1. The molecule has 6 nitrogen and oxygen atoms in total. The fourth-order valence-corrected chi connectivity index (χ4v) is 2.13. The smallest absolute Gasteiger partial charge is 0.203 e. The van der Waals surface area contributed by atoms with Gasteiger partial charge in [-0.25, -0.2) is 0 Å². The molecule has 0 amide bonds. The first-order valence-corrected chi connectivity index (χ1v) is 7.15. The molecule has 126 valence electrons. The predicted octanol–water partition coefficient (Wildman–Crippen LogP) is 3.23. The monoisotopic (exact) mass is 329 g/mol. The van der Waals surface area contributed by atoms with E-state index in [1.54, 1.807) is 36.4 Å². The summed E-state index contributed by atoms with van der Waals surface area (Å²) in [6, 6.07) is 9.76. The average molecular weight is 329 g/mol. The molecule has 0 aliphatic carbocycles. The van der Waals surface area contributed by atoms with E-state index in [4.69, 9.17) is 14.2 Å². The van der Waals surface area contributed by atoms with Crippen molar-refractivity contribution in [3.8, 4) is 23.0 Å². The number of ketones is 1. The summed E-state index contributed by atoms with van der Waals surface area (Å²) in [6.07, 6.45) is 2.88. The maximum atomic E-state index is 12.3. The van der Waals surface area contributed by atoms with E-state index in [2.05, 4.69) is 5.32 Å². The molecule has 2 N–H and O–H groups in total. The molecular weight excluding hydrogens is 310 g/mol. The number of hydrogen-bond donors (Lipinski definition) is 2. The highest BCUT2D eigenvalue weighted by Gasteiger charge is 2.15. The third-order valence-electron chi connectivity index (χ3n) is 3.28. The van der Waals surface area contributed by atoms with Crippen molar-refractivity contribution in [1.82, 2.24) is 0 Å². The van der Waals surface area contributed by atoms with Crippen LogP contribution in [0, 0.1) is 0 Å². The van der Waals surface area contributed by atoms with E-state index in [0.29, 0.717) is 28.5 Å². The molecule has 0 aliphatic heterocycles. The Morgan fingerprint density at radius 3 is 2.25 bits per heavy atom. The molecule has 2 rings (SSSR count). The Morgan fingerprint density at radius 2 is 1.71 bits per heavy atom. The molecule has 0 aromatic heterocycles. The summed E-state index contributed by atoms with van der Waals surface area (Å²) in [6.45, 7) is 0. The predicted molar refractivity (Wildman–Crippen MR) is 91.3 cm³/mol. The molecule has 0 saturated heterocycles. The van der Waals surface area contributed by atoms with E-state index < -0.39 is 0 Å². The minimum atomic E-state index is -0.234. The molecule has 0 fully saturated rings. The van der Waals surface area contributed by atoms with Gasteiger partial charge in [-0.3, -0.25) is 4.79 Å². The fourth-order valence-electron chi connectivity index (χ4n) is 2.13. The lowest BCUT2D eigenvalue weighted by Gasteiger charge is -2.13. The number of aromatic hydroxyl groups is 1. The summed E-state index contributed by atoms with van der Waals surface area (Å²) < 4.78 is 15.7. The molecule has 0 radical (unpaired) electrons. The zero-order valence-electron chi connectivity index (χ0n) is 13.7. The van der Waals surface area contributed by atoms with Gasteiger partial charge in [-0.15, -0.1) is 0 Å². The molecular formula is C18H19NO5. The molecule has 0 heterocycles. The Balaban J connectivity index is 2.18. The van der Waals surface area contributed by atoms with E-state index in [0.717, 1.165) is 0 Å². The maximum Gasteiger partial charge on any atom is 0.203 e. The maximum absolute atomic E-state index is 12.3. The van der Waals surface area contributed by atoms with Crippen LogP contribution in [0.1, 0.15) is 10.4 Å². The SMILES string of the molecule is COc1cc(C(=O)/C=C\Nc2cccc(O)c2)cc(OC)c1OC. The van der Waals surface area contributed by atoms with Crippen LogP contribution in [-0.4, -0.2) is 32.2 Å². The van der Waals surface area contributed by atoms with E-state index in [9.17, 15) is 9.90 Å². The van der Waals surface area contributed by atoms with Gasteiger partial charge in [0, 0.05) is 29.6 Å². The van der Waals surface area contributed by atoms with Crippen LogP contribution in [0.2, 0.25) is 0 Å². The molecule has 0 bridgehead atoms. The lowest BCUT2D eigenvalue weighted by Crippen LogP contribution is -2.01. The summed E-state index contributed by atoms with van der Waals surface area (Å²) in [5, 5.41) is 12.3. The molecule has 24 heavy (non-hydrogen) atoms. The standard InChI is InChI=1S/C18H19NO5/c1-22-16-9-12(10-17(23-2)18(16)24-3)15(21)7-8-19-13-5-4-6-14(20)11-13/h4-11,19-20H,1-3H3/b8-7-. The van der Waals surface area contributed by atoms with Crippen LogP contribution in [0.5, 0.6) is 23.0 Å². The summed E-state index contributed by atoms with van der Waals surface area (Å²) in [7, 11) is 4.48. The topological polar surface area (TPSA) is 77.0 Å². The molecule has 0 unspecified atom stereocenters. The van der Waals surface area contributed by atoms with Gasteiger partial charge in [-0.05, 0) is 24.3 Å². The van der Waals surface area contributed by atoms with Crippen molar-refractivity contribution >= 4 is 11.5 Å². The average Bonchev–Trinajstić information content (AvgIpc) is 2.60. The van der Waals surface area contributed by atoms with Gasteiger partial charge < -0.3 is 24.6 Å². The number of allylic oxidation sites excluding steroid dienone is 1.